The quantitative estimate of drug-likeness (QED) is 0.907. The Labute approximate surface area is 136 Å². The fourth-order valence-corrected chi connectivity index (χ4v) is 2.93. The minimum atomic E-state index is -4.73. The van der Waals surface area contributed by atoms with Gasteiger partial charge in [-0.3, -0.25) is 9.48 Å². The molecule has 0 radical (unpaired) electrons. The molecule has 6 nitrogen and oxygen atoms in total. The highest BCUT2D eigenvalue weighted by atomic mass is 32.2. The molecule has 1 aromatic carbocycles. The minimum absolute atomic E-state index is 0.0698. The number of rotatable bonds is 4. The molecule has 1 aromatic heterocycles. The van der Waals surface area contributed by atoms with Crippen molar-refractivity contribution in [2.45, 2.75) is 18.0 Å². The number of carbonyl (C=O) groups is 1. The molecule has 24 heavy (non-hydrogen) atoms. The van der Waals surface area contributed by atoms with E-state index in [0.717, 1.165) is 13.2 Å². The van der Waals surface area contributed by atoms with Crippen molar-refractivity contribution in [3.05, 3.63) is 41.7 Å². The van der Waals surface area contributed by atoms with Gasteiger partial charge in [0.25, 0.3) is 5.91 Å². The van der Waals surface area contributed by atoms with Crippen molar-refractivity contribution in [2.75, 3.05) is 11.1 Å². The van der Waals surface area contributed by atoms with Crippen molar-refractivity contribution in [3.8, 4) is 0 Å². The van der Waals surface area contributed by atoms with Gasteiger partial charge in [0.1, 0.15) is 0 Å². The topological polar surface area (TPSA) is 81.1 Å². The Balaban J connectivity index is 2.26. The zero-order valence-corrected chi connectivity index (χ0v) is 13.6. The number of anilines is 1. The fourth-order valence-electron chi connectivity index (χ4n) is 2.05. The summed E-state index contributed by atoms with van der Waals surface area (Å²) in [6.07, 6.45) is -3.90. The zero-order valence-electron chi connectivity index (χ0n) is 12.8. The summed E-state index contributed by atoms with van der Waals surface area (Å²) in [7, 11) is -2.31. The molecule has 1 amide bonds. The summed E-state index contributed by atoms with van der Waals surface area (Å²) in [4.78, 5) is 12.1. The van der Waals surface area contributed by atoms with Gasteiger partial charge in [-0.05, 0) is 24.3 Å². The van der Waals surface area contributed by atoms with Crippen molar-refractivity contribution in [2.24, 2.45) is 7.05 Å². The number of carbonyl (C=O) groups excluding carboxylic acids is 1. The smallest absolute Gasteiger partial charge is 0.322 e. The number of nitrogens with one attached hydrogen (secondary N) is 1. The Bertz CT molecular complexity index is 856. The highest BCUT2D eigenvalue weighted by Gasteiger charge is 2.39. The van der Waals surface area contributed by atoms with E-state index in [4.69, 9.17) is 0 Å². The first-order valence-corrected chi connectivity index (χ1v) is 8.45. The van der Waals surface area contributed by atoms with Crippen LogP contribution in [0.3, 0.4) is 0 Å². The van der Waals surface area contributed by atoms with Crippen LogP contribution in [0.25, 0.3) is 0 Å². The van der Waals surface area contributed by atoms with Crippen molar-refractivity contribution in [3.63, 3.8) is 0 Å². The summed E-state index contributed by atoms with van der Waals surface area (Å²) in [6, 6.07) is 5.18. The number of amides is 1. The molecule has 0 spiro atoms. The zero-order chi connectivity index (χ0) is 18.1. The predicted octanol–water partition coefficient (Wildman–Crippen LogP) is 2.48. The second-order valence-electron chi connectivity index (χ2n) is 4.91. The average Bonchev–Trinajstić information content (AvgIpc) is 2.90. The Morgan fingerprint density at radius 1 is 1.25 bits per heavy atom. The largest absolute Gasteiger partial charge is 0.433 e. The SMILES string of the molecule is CCS(=O)(=O)c1ccc(NC(=O)c2cnn(C)c2C(F)(F)F)cc1. The molecule has 1 heterocycles. The number of sulfone groups is 1. The summed E-state index contributed by atoms with van der Waals surface area (Å²) in [5.41, 5.74) is -1.60. The van der Waals surface area contributed by atoms with Crippen LogP contribution in [-0.2, 0) is 23.1 Å². The van der Waals surface area contributed by atoms with E-state index < -0.39 is 33.2 Å². The van der Waals surface area contributed by atoms with E-state index in [-0.39, 0.29) is 16.3 Å². The fraction of sp³-hybridized carbons (Fsp3) is 0.286. The minimum Gasteiger partial charge on any atom is -0.322 e. The second kappa shape index (κ2) is 6.27. The van der Waals surface area contributed by atoms with E-state index >= 15 is 0 Å². The molecule has 0 aliphatic rings. The van der Waals surface area contributed by atoms with Crippen LogP contribution >= 0.6 is 0 Å². The monoisotopic (exact) mass is 361 g/mol. The van der Waals surface area contributed by atoms with Crippen molar-refractivity contribution < 1.29 is 26.4 Å². The molecule has 1 N–H and O–H groups in total. The Morgan fingerprint density at radius 3 is 2.33 bits per heavy atom. The highest BCUT2D eigenvalue weighted by Crippen LogP contribution is 2.31. The van der Waals surface area contributed by atoms with Crippen molar-refractivity contribution in [1.29, 1.82) is 0 Å². The molecule has 0 saturated carbocycles. The lowest BCUT2D eigenvalue weighted by molar-refractivity contribution is -0.144. The standard InChI is InChI=1S/C14H14F3N3O3S/c1-3-24(22,23)10-6-4-9(5-7-10)19-13(21)11-8-18-20(2)12(11)14(15,16)17/h4-8H,3H2,1-2H3,(H,19,21). The van der Waals surface area contributed by atoms with Gasteiger partial charge < -0.3 is 5.32 Å². The second-order valence-corrected chi connectivity index (χ2v) is 7.19. The van der Waals surface area contributed by atoms with Gasteiger partial charge in [-0.2, -0.15) is 18.3 Å². The van der Waals surface area contributed by atoms with Crippen LogP contribution in [0.5, 0.6) is 0 Å². The first-order chi connectivity index (χ1) is 11.1. The summed E-state index contributed by atoms with van der Waals surface area (Å²) < 4.78 is 62.8. The summed E-state index contributed by atoms with van der Waals surface area (Å²) in [6.45, 7) is 1.49. The van der Waals surface area contributed by atoms with Crippen LogP contribution in [0, 0.1) is 0 Å². The van der Waals surface area contributed by atoms with Gasteiger partial charge in [-0.1, -0.05) is 6.92 Å². The number of benzene rings is 1. The summed E-state index contributed by atoms with van der Waals surface area (Å²) in [5, 5.41) is 5.75. The van der Waals surface area contributed by atoms with Crippen LogP contribution < -0.4 is 5.32 Å². The highest BCUT2D eigenvalue weighted by molar-refractivity contribution is 7.91. The third kappa shape index (κ3) is 3.58. The maximum absolute atomic E-state index is 13.0. The Hall–Kier alpha value is -2.36. The van der Waals surface area contributed by atoms with E-state index in [1.54, 1.807) is 0 Å². The molecule has 0 saturated heterocycles. The van der Waals surface area contributed by atoms with Gasteiger partial charge in [0.15, 0.2) is 15.5 Å². The number of alkyl halides is 3. The van der Waals surface area contributed by atoms with Gasteiger partial charge in [0.2, 0.25) is 0 Å². The van der Waals surface area contributed by atoms with Gasteiger partial charge in [0, 0.05) is 12.7 Å². The van der Waals surface area contributed by atoms with E-state index in [0.29, 0.717) is 4.68 Å². The molecule has 130 valence electrons. The van der Waals surface area contributed by atoms with Gasteiger partial charge in [-0.15, -0.1) is 0 Å². The predicted molar refractivity (Wildman–Crippen MR) is 80.3 cm³/mol. The molecular formula is C14H14F3N3O3S. The molecule has 0 fully saturated rings. The Morgan fingerprint density at radius 2 is 1.83 bits per heavy atom. The lowest BCUT2D eigenvalue weighted by atomic mass is 10.2. The first kappa shape index (κ1) is 18.0. The summed E-state index contributed by atoms with van der Waals surface area (Å²) >= 11 is 0. The Kier molecular flexibility index (Phi) is 4.70. The van der Waals surface area contributed by atoms with Crippen LogP contribution in [0.1, 0.15) is 23.0 Å². The maximum Gasteiger partial charge on any atom is 0.433 e. The van der Waals surface area contributed by atoms with E-state index in [2.05, 4.69) is 10.4 Å². The first-order valence-electron chi connectivity index (χ1n) is 6.79. The van der Waals surface area contributed by atoms with E-state index in [9.17, 15) is 26.4 Å². The number of aryl methyl sites for hydroxylation is 1. The van der Waals surface area contributed by atoms with Crippen LogP contribution in [0.2, 0.25) is 0 Å². The van der Waals surface area contributed by atoms with E-state index in [1.807, 2.05) is 0 Å². The number of aromatic nitrogens is 2. The molecule has 0 aliphatic heterocycles. The van der Waals surface area contributed by atoms with Crippen molar-refractivity contribution in [1.82, 2.24) is 9.78 Å². The van der Waals surface area contributed by atoms with Gasteiger partial charge in [-0.25, -0.2) is 8.42 Å². The normalized spacial score (nSPS) is 12.2. The molecule has 0 bridgehead atoms. The summed E-state index contributed by atoms with van der Waals surface area (Å²) in [5.74, 6) is -1.06. The molecule has 0 unspecified atom stereocenters. The molecular weight excluding hydrogens is 347 g/mol. The number of hydrogen-bond donors (Lipinski definition) is 1. The number of hydrogen-bond acceptors (Lipinski definition) is 4. The van der Waals surface area contributed by atoms with Crippen LogP contribution in [0.4, 0.5) is 18.9 Å². The van der Waals surface area contributed by atoms with Gasteiger partial charge in [0.05, 0.1) is 22.4 Å². The lowest BCUT2D eigenvalue weighted by Crippen LogP contribution is -2.20. The average molecular weight is 361 g/mol. The van der Waals surface area contributed by atoms with Crippen molar-refractivity contribution >= 4 is 21.4 Å². The molecule has 0 aliphatic carbocycles. The molecule has 10 heteroatoms. The lowest BCUT2D eigenvalue weighted by Gasteiger charge is -2.10. The molecule has 0 atom stereocenters. The molecule has 2 rings (SSSR count). The number of halogens is 3. The maximum atomic E-state index is 13.0. The van der Waals surface area contributed by atoms with Gasteiger partial charge >= 0.3 is 6.18 Å². The van der Waals surface area contributed by atoms with Crippen LogP contribution in [0.15, 0.2) is 35.4 Å². The van der Waals surface area contributed by atoms with Crippen LogP contribution in [-0.4, -0.2) is 29.9 Å². The number of nitrogens with zero attached hydrogens (tertiary/aromatic N) is 2. The molecule has 2 aromatic rings. The van der Waals surface area contributed by atoms with E-state index in [1.165, 1.54) is 31.2 Å². The third-order valence-corrected chi connectivity index (χ3v) is 5.05. The third-order valence-electron chi connectivity index (χ3n) is 3.30.